The fraction of sp³-hybridized carbons (Fsp3) is 0.896. The summed E-state index contributed by atoms with van der Waals surface area (Å²) in [7, 11) is -9.92. The number of hydrogen-bond acceptors (Lipinski definition) is 15. The molecule has 96 heavy (non-hydrogen) atoms. The van der Waals surface area contributed by atoms with Gasteiger partial charge in [0.15, 0.2) is 12.2 Å². The van der Waals surface area contributed by atoms with Crippen LogP contribution in [0.15, 0.2) is 24.3 Å². The molecule has 0 radical (unpaired) electrons. The van der Waals surface area contributed by atoms with Crippen LogP contribution in [0, 0.1) is 5.92 Å². The molecule has 0 amide bonds. The molecule has 0 rings (SSSR count). The van der Waals surface area contributed by atoms with Gasteiger partial charge in [0.2, 0.25) is 0 Å². The summed E-state index contributed by atoms with van der Waals surface area (Å²) in [5.41, 5.74) is 0. The number of rotatable bonds is 75. The Morgan fingerprint density at radius 3 is 0.854 bits per heavy atom. The molecule has 0 aromatic rings. The van der Waals surface area contributed by atoms with E-state index in [1.54, 1.807) is 0 Å². The van der Waals surface area contributed by atoms with Crippen molar-refractivity contribution >= 4 is 39.5 Å². The van der Waals surface area contributed by atoms with Crippen molar-refractivity contribution in [3.63, 3.8) is 0 Å². The number of allylic oxidation sites excluding steroid dienone is 4. The molecule has 19 heteroatoms. The Kier molecular flexibility index (Phi) is 67.8. The summed E-state index contributed by atoms with van der Waals surface area (Å²) >= 11 is 0. The van der Waals surface area contributed by atoms with Crippen molar-refractivity contribution in [1.29, 1.82) is 0 Å². The van der Waals surface area contributed by atoms with E-state index in [0.717, 1.165) is 115 Å². The van der Waals surface area contributed by atoms with Gasteiger partial charge in [0.05, 0.1) is 26.4 Å². The highest BCUT2D eigenvalue weighted by Crippen LogP contribution is 2.45. The van der Waals surface area contributed by atoms with Gasteiger partial charge in [-0.1, -0.05) is 329 Å². The molecule has 2 unspecified atom stereocenters. The largest absolute Gasteiger partial charge is 0.472 e. The Morgan fingerprint density at radius 1 is 0.323 bits per heavy atom. The molecule has 0 aliphatic rings. The highest BCUT2D eigenvalue weighted by atomic mass is 31.2. The van der Waals surface area contributed by atoms with Gasteiger partial charge in [0.25, 0.3) is 0 Å². The van der Waals surface area contributed by atoms with Crippen molar-refractivity contribution in [3.8, 4) is 0 Å². The number of carbonyl (C=O) groups is 4. The molecule has 17 nitrogen and oxygen atoms in total. The molecule has 0 saturated carbocycles. The molecule has 0 aliphatic heterocycles. The lowest BCUT2D eigenvalue weighted by atomic mass is 10.0. The molecule has 0 spiro atoms. The molecule has 0 heterocycles. The molecule has 0 bridgehead atoms. The number of ether oxygens (including phenoxy) is 4. The average molecular weight is 1410 g/mol. The van der Waals surface area contributed by atoms with E-state index >= 15 is 0 Å². The van der Waals surface area contributed by atoms with Crippen molar-refractivity contribution in [2.75, 3.05) is 39.6 Å². The molecule has 3 N–H and O–H groups in total. The van der Waals surface area contributed by atoms with Crippen LogP contribution in [0.1, 0.15) is 381 Å². The Hall–Kier alpha value is -2.46. The van der Waals surface area contributed by atoms with Crippen LogP contribution in [0.25, 0.3) is 0 Å². The number of aliphatic hydroxyl groups is 1. The summed E-state index contributed by atoms with van der Waals surface area (Å²) in [5.74, 6) is -1.38. The highest BCUT2D eigenvalue weighted by Gasteiger charge is 2.30. The minimum Gasteiger partial charge on any atom is -0.462 e. The first-order valence-corrected chi connectivity index (χ1v) is 42.4. The quantitative estimate of drug-likeness (QED) is 0.0169. The maximum absolute atomic E-state index is 13.1. The van der Waals surface area contributed by atoms with E-state index in [1.165, 1.54) is 186 Å². The predicted octanol–water partition coefficient (Wildman–Crippen LogP) is 22.4. The number of esters is 4. The first kappa shape index (κ1) is 93.5. The summed E-state index contributed by atoms with van der Waals surface area (Å²) in [6.07, 6.45) is 61.7. The summed E-state index contributed by atoms with van der Waals surface area (Å²) in [5, 5.41) is 10.6. The van der Waals surface area contributed by atoms with E-state index in [9.17, 15) is 43.2 Å². The molecule has 0 fully saturated rings. The number of unbranched alkanes of at least 4 members (excludes halogenated alkanes) is 44. The van der Waals surface area contributed by atoms with Crippen molar-refractivity contribution in [2.45, 2.75) is 400 Å². The Balaban J connectivity index is 5.28. The third-order valence-electron chi connectivity index (χ3n) is 17.4. The van der Waals surface area contributed by atoms with E-state index in [-0.39, 0.29) is 25.7 Å². The van der Waals surface area contributed by atoms with Crippen LogP contribution in [0.3, 0.4) is 0 Å². The third-order valence-corrected chi connectivity index (χ3v) is 19.3. The van der Waals surface area contributed by atoms with Crippen molar-refractivity contribution in [3.05, 3.63) is 24.3 Å². The van der Waals surface area contributed by atoms with Gasteiger partial charge in [-0.2, -0.15) is 0 Å². The topological polar surface area (TPSA) is 237 Å². The zero-order chi connectivity index (χ0) is 70.5. The van der Waals surface area contributed by atoms with Gasteiger partial charge in [-0.25, -0.2) is 9.13 Å². The van der Waals surface area contributed by atoms with Gasteiger partial charge in [-0.05, 0) is 57.3 Å². The van der Waals surface area contributed by atoms with E-state index in [1.807, 2.05) is 0 Å². The van der Waals surface area contributed by atoms with E-state index in [2.05, 4.69) is 58.9 Å². The molecular formula is C77H146O17P2. The smallest absolute Gasteiger partial charge is 0.462 e. The highest BCUT2D eigenvalue weighted by molar-refractivity contribution is 7.47. The molecule has 5 atom stereocenters. The third kappa shape index (κ3) is 70.0. The van der Waals surface area contributed by atoms with Crippen molar-refractivity contribution in [1.82, 2.24) is 0 Å². The number of carbonyl (C=O) groups excluding carboxylic acids is 4. The van der Waals surface area contributed by atoms with Crippen LogP contribution in [-0.4, -0.2) is 96.7 Å². The van der Waals surface area contributed by atoms with Crippen LogP contribution < -0.4 is 0 Å². The van der Waals surface area contributed by atoms with Gasteiger partial charge < -0.3 is 33.8 Å². The van der Waals surface area contributed by atoms with E-state index in [4.69, 9.17) is 37.0 Å². The van der Waals surface area contributed by atoms with Gasteiger partial charge in [0.1, 0.15) is 19.3 Å². The maximum atomic E-state index is 13.1. The molecule has 0 aromatic heterocycles. The Bertz CT molecular complexity index is 1930. The van der Waals surface area contributed by atoms with Crippen LogP contribution >= 0.6 is 15.6 Å². The number of phosphoric ester groups is 2. The minimum absolute atomic E-state index is 0.102. The molecule has 0 saturated heterocycles. The van der Waals surface area contributed by atoms with E-state index in [0.29, 0.717) is 25.7 Å². The summed E-state index contributed by atoms with van der Waals surface area (Å²) in [6, 6.07) is 0. The van der Waals surface area contributed by atoms with Crippen molar-refractivity contribution in [2.24, 2.45) is 5.92 Å². The first-order valence-electron chi connectivity index (χ1n) is 39.5. The zero-order valence-electron chi connectivity index (χ0n) is 62.0. The monoisotopic (exact) mass is 1410 g/mol. The van der Waals surface area contributed by atoms with Gasteiger partial charge in [0, 0.05) is 25.7 Å². The van der Waals surface area contributed by atoms with Crippen LogP contribution in [0.2, 0.25) is 0 Å². The van der Waals surface area contributed by atoms with Gasteiger partial charge in [-0.3, -0.25) is 37.3 Å². The normalized spacial score (nSPS) is 14.1. The lowest BCUT2D eigenvalue weighted by Gasteiger charge is -2.21. The zero-order valence-corrected chi connectivity index (χ0v) is 63.8. The summed E-state index contributed by atoms with van der Waals surface area (Å²) in [6.45, 7) is 7.23. The average Bonchev–Trinajstić information content (AvgIpc) is 1.78. The SMILES string of the molecule is CCCCCC/C=C\C=C/CCCCCCCC(=O)OC[C@H](COP(=O)(O)OC[C@@H](O)COP(=O)(O)OC[C@@H](COC(=O)CCCCCCCCCCCC)OC(=O)CCCCCCCCCCCCCC(C)C)OC(=O)CCCCCCCCCCCCCCCCCCC. The standard InChI is InChI=1S/C77H146O17P2/c1-6-9-12-15-18-21-24-26-28-29-31-33-37-42-47-52-57-62-76(81)93-73(67-88-75(80)61-56-51-46-41-36-32-30-27-25-22-19-16-13-10-7-2)69-92-96(85,86)90-65-71(78)64-89-95(83,84)91-68-72(66-87-74(79)60-55-50-45-40-23-20-17-14-11-8-3)94-77(82)63-58-53-48-43-38-34-35-39-44-49-54-59-70(4)5/h22,25,27,30,70-73,78H,6-21,23-24,26,28-29,31-69H2,1-5H3,(H,83,84)(H,85,86)/b25-22-,30-27-/t71-,72+,73+/m0/s1. The van der Waals surface area contributed by atoms with Crippen molar-refractivity contribution < 1.29 is 80.2 Å². The minimum atomic E-state index is -4.96. The fourth-order valence-electron chi connectivity index (χ4n) is 11.3. The molecule has 0 aliphatic carbocycles. The first-order chi connectivity index (χ1) is 46.5. The fourth-order valence-corrected chi connectivity index (χ4v) is 12.9. The number of phosphoric acid groups is 2. The second-order valence-corrected chi connectivity index (χ2v) is 30.4. The summed E-state index contributed by atoms with van der Waals surface area (Å²) < 4.78 is 68.5. The molecular weight excluding hydrogens is 1260 g/mol. The van der Waals surface area contributed by atoms with Gasteiger partial charge in [-0.15, -0.1) is 0 Å². The number of hydrogen-bond donors (Lipinski definition) is 3. The predicted molar refractivity (Wildman–Crippen MR) is 391 cm³/mol. The van der Waals surface area contributed by atoms with Crippen LogP contribution in [-0.2, 0) is 65.4 Å². The molecule has 0 aromatic carbocycles. The Morgan fingerprint density at radius 2 is 0.562 bits per heavy atom. The maximum Gasteiger partial charge on any atom is 0.472 e. The second kappa shape index (κ2) is 69.6. The second-order valence-electron chi connectivity index (χ2n) is 27.5. The lowest BCUT2D eigenvalue weighted by Crippen LogP contribution is -2.30. The lowest BCUT2D eigenvalue weighted by molar-refractivity contribution is -0.161. The van der Waals surface area contributed by atoms with Gasteiger partial charge >= 0.3 is 39.5 Å². The number of aliphatic hydroxyl groups excluding tert-OH is 1. The summed E-state index contributed by atoms with van der Waals surface area (Å²) in [4.78, 5) is 72.8. The van der Waals surface area contributed by atoms with Crippen LogP contribution in [0.4, 0.5) is 0 Å². The van der Waals surface area contributed by atoms with E-state index < -0.39 is 97.5 Å². The molecule has 566 valence electrons. The Labute approximate surface area is 586 Å². The van der Waals surface area contributed by atoms with Crippen LogP contribution in [0.5, 0.6) is 0 Å².